The molecule has 2 aromatic carbocycles. The highest BCUT2D eigenvalue weighted by Gasteiger charge is 2.18. The third-order valence-corrected chi connectivity index (χ3v) is 5.02. The van der Waals surface area contributed by atoms with Crippen LogP contribution in [0.25, 0.3) is 16.2 Å². The first-order valence-corrected chi connectivity index (χ1v) is 8.44. The van der Waals surface area contributed by atoms with Crippen LogP contribution in [-0.2, 0) is 0 Å². The smallest absolute Gasteiger partial charge is 0.267 e. The van der Waals surface area contributed by atoms with Crippen molar-refractivity contribution in [2.75, 3.05) is 5.32 Å². The molecular formula is C19H15N3OS. The van der Waals surface area contributed by atoms with Crippen molar-refractivity contribution in [1.29, 1.82) is 0 Å². The van der Waals surface area contributed by atoms with E-state index in [4.69, 9.17) is 0 Å². The molecule has 118 valence electrons. The molecule has 0 bridgehead atoms. The highest BCUT2D eigenvalue weighted by molar-refractivity contribution is 7.19. The van der Waals surface area contributed by atoms with Crippen LogP contribution in [0.3, 0.4) is 0 Å². The maximum Gasteiger partial charge on any atom is 0.267 e. The van der Waals surface area contributed by atoms with Gasteiger partial charge in [0.15, 0.2) is 4.96 Å². The molecule has 1 N–H and O–H groups in total. The van der Waals surface area contributed by atoms with Gasteiger partial charge in [-0.3, -0.25) is 9.20 Å². The largest absolute Gasteiger partial charge is 0.321 e. The molecule has 0 saturated carbocycles. The molecule has 1 amide bonds. The summed E-state index contributed by atoms with van der Waals surface area (Å²) in [6, 6.07) is 19.5. The van der Waals surface area contributed by atoms with Gasteiger partial charge in [0, 0.05) is 23.1 Å². The molecule has 5 heteroatoms. The van der Waals surface area contributed by atoms with E-state index in [2.05, 4.69) is 10.3 Å². The van der Waals surface area contributed by atoms with Gasteiger partial charge >= 0.3 is 0 Å². The molecule has 4 nitrogen and oxygen atoms in total. The SMILES string of the molecule is Cc1c(C(=O)Nc2ccccc2)sc2nc(-c3ccccc3)cn12. The Labute approximate surface area is 143 Å². The van der Waals surface area contributed by atoms with Crippen molar-refractivity contribution in [2.24, 2.45) is 0 Å². The van der Waals surface area contributed by atoms with Crippen molar-refractivity contribution in [3.63, 3.8) is 0 Å². The summed E-state index contributed by atoms with van der Waals surface area (Å²) in [6.07, 6.45) is 1.98. The van der Waals surface area contributed by atoms with Crippen molar-refractivity contribution < 1.29 is 4.79 Å². The first kappa shape index (κ1) is 14.7. The predicted octanol–water partition coefficient (Wildman–Crippen LogP) is 4.62. The number of carbonyl (C=O) groups excluding carboxylic acids is 1. The van der Waals surface area contributed by atoms with Crippen LogP contribution in [0.15, 0.2) is 66.9 Å². The normalized spacial score (nSPS) is 10.9. The second-order valence-electron chi connectivity index (χ2n) is 5.48. The number of amides is 1. The zero-order valence-corrected chi connectivity index (χ0v) is 13.9. The summed E-state index contributed by atoms with van der Waals surface area (Å²) in [5, 5.41) is 2.93. The fraction of sp³-hybridized carbons (Fsp3) is 0.0526. The van der Waals surface area contributed by atoms with E-state index < -0.39 is 0 Å². The van der Waals surface area contributed by atoms with Crippen LogP contribution in [0.4, 0.5) is 5.69 Å². The molecule has 0 aliphatic rings. The Balaban J connectivity index is 1.67. The average molecular weight is 333 g/mol. The number of nitrogens with one attached hydrogen (secondary N) is 1. The standard InChI is InChI=1S/C19H15N3OS/c1-13-17(18(23)20-15-10-6-3-7-11-15)24-19-21-16(12-22(13)19)14-8-4-2-5-9-14/h2-12H,1H3,(H,20,23). The average Bonchev–Trinajstić information content (AvgIpc) is 3.16. The molecule has 0 saturated heterocycles. The fourth-order valence-corrected chi connectivity index (χ4v) is 3.62. The Kier molecular flexibility index (Phi) is 3.63. The zero-order valence-electron chi connectivity index (χ0n) is 13.1. The van der Waals surface area contributed by atoms with Crippen molar-refractivity contribution in [3.05, 3.63) is 77.4 Å². The van der Waals surface area contributed by atoms with Crippen molar-refractivity contribution in [2.45, 2.75) is 6.92 Å². The van der Waals surface area contributed by atoms with E-state index in [0.29, 0.717) is 4.88 Å². The molecular weight excluding hydrogens is 318 g/mol. The number of fused-ring (bicyclic) bond motifs is 1. The predicted molar refractivity (Wildman–Crippen MR) is 97.6 cm³/mol. The molecule has 0 unspecified atom stereocenters. The summed E-state index contributed by atoms with van der Waals surface area (Å²) < 4.78 is 1.98. The van der Waals surface area contributed by atoms with E-state index in [1.165, 1.54) is 11.3 Å². The van der Waals surface area contributed by atoms with Gasteiger partial charge in [0.1, 0.15) is 4.88 Å². The van der Waals surface area contributed by atoms with E-state index in [9.17, 15) is 4.79 Å². The van der Waals surface area contributed by atoms with Crippen molar-refractivity contribution >= 4 is 27.9 Å². The Hall–Kier alpha value is -2.92. The lowest BCUT2D eigenvalue weighted by Gasteiger charge is -2.03. The minimum Gasteiger partial charge on any atom is -0.321 e. The quantitative estimate of drug-likeness (QED) is 0.594. The summed E-state index contributed by atoms with van der Waals surface area (Å²) >= 11 is 1.41. The molecule has 0 atom stereocenters. The Morgan fingerprint density at radius 1 is 1.04 bits per heavy atom. The van der Waals surface area contributed by atoms with Gasteiger partial charge in [-0.1, -0.05) is 59.9 Å². The molecule has 24 heavy (non-hydrogen) atoms. The zero-order chi connectivity index (χ0) is 16.5. The highest BCUT2D eigenvalue weighted by atomic mass is 32.1. The number of thiazole rings is 1. The summed E-state index contributed by atoms with van der Waals surface area (Å²) in [4.78, 5) is 18.7. The molecule has 2 heterocycles. The molecule has 0 spiro atoms. The van der Waals surface area contributed by atoms with E-state index in [1.54, 1.807) is 0 Å². The fourth-order valence-electron chi connectivity index (χ4n) is 2.62. The van der Waals surface area contributed by atoms with Gasteiger partial charge in [-0.25, -0.2) is 4.98 Å². The van der Waals surface area contributed by atoms with Gasteiger partial charge in [0.25, 0.3) is 5.91 Å². The molecule has 0 aliphatic heterocycles. The maximum absolute atomic E-state index is 12.5. The number of para-hydroxylation sites is 1. The summed E-state index contributed by atoms with van der Waals surface area (Å²) in [5.74, 6) is -0.101. The lowest BCUT2D eigenvalue weighted by Crippen LogP contribution is -2.11. The van der Waals surface area contributed by atoms with E-state index in [1.807, 2.05) is 78.2 Å². The monoisotopic (exact) mass is 333 g/mol. The minimum absolute atomic E-state index is 0.101. The van der Waals surface area contributed by atoms with Crippen LogP contribution in [0, 0.1) is 6.92 Å². The van der Waals surface area contributed by atoms with Crippen LogP contribution in [0.5, 0.6) is 0 Å². The van der Waals surface area contributed by atoms with Gasteiger partial charge in [-0.15, -0.1) is 0 Å². The first-order chi connectivity index (χ1) is 11.7. The third-order valence-electron chi connectivity index (χ3n) is 3.86. The van der Waals surface area contributed by atoms with Crippen LogP contribution in [-0.4, -0.2) is 15.3 Å². The maximum atomic E-state index is 12.5. The number of rotatable bonds is 3. The number of hydrogen-bond acceptors (Lipinski definition) is 3. The third kappa shape index (κ3) is 2.59. The van der Waals surface area contributed by atoms with Crippen molar-refractivity contribution in [3.8, 4) is 11.3 Å². The number of nitrogens with zero attached hydrogens (tertiary/aromatic N) is 2. The molecule has 2 aromatic heterocycles. The van der Waals surface area contributed by atoms with Gasteiger partial charge in [0.2, 0.25) is 0 Å². The van der Waals surface area contributed by atoms with Gasteiger partial charge in [-0.05, 0) is 19.1 Å². The number of anilines is 1. The van der Waals surface area contributed by atoms with Crippen LogP contribution < -0.4 is 5.32 Å². The lowest BCUT2D eigenvalue weighted by atomic mass is 10.2. The Morgan fingerprint density at radius 3 is 2.38 bits per heavy atom. The van der Waals surface area contributed by atoms with Crippen molar-refractivity contribution in [1.82, 2.24) is 9.38 Å². The molecule has 0 radical (unpaired) electrons. The molecule has 0 aliphatic carbocycles. The molecule has 4 aromatic rings. The Bertz CT molecular complexity index is 1000. The van der Waals surface area contributed by atoms with Crippen LogP contribution >= 0.6 is 11.3 Å². The van der Waals surface area contributed by atoms with E-state index in [-0.39, 0.29) is 5.91 Å². The first-order valence-electron chi connectivity index (χ1n) is 7.63. The molecule has 4 rings (SSSR count). The van der Waals surface area contributed by atoms with Gasteiger partial charge in [-0.2, -0.15) is 0 Å². The molecule has 0 fully saturated rings. The number of imidazole rings is 1. The Morgan fingerprint density at radius 2 is 1.71 bits per heavy atom. The second-order valence-corrected chi connectivity index (χ2v) is 6.46. The topological polar surface area (TPSA) is 46.4 Å². The number of hydrogen-bond donors (Lipinski definition) is 1. The minimum atomic E-state index is -0.101. The van der Waals surface area contributed by atoms with E-state index in [0.717, 1.165) is 27.6 Å². The lowest BCUT2D eigenvalue weighted by molar-refractivity contribution is 0.102. The summed E-state index contributed by atoms with van der Waals surface area (Å²) in [6.45, 7) is 1.94. The van der Waals surface area contributed by atoms with Crippen LogP contribution in [0.1, 0.15) is 15.4 Å². The summed E-state index contributed by atoms with van der Waals surface area (Å²) in [5.41, 5.74) is 3.68. The van der Waals surface area contributed by atoms with E-state index >= 15 is 0 Å². The second kappa shape index (κ2) is 5.94. The summed E-state index contributed by atoms with van der Waals surface area (Å²) in [7, 11) is 0. The number of carbonyl (C=O) groups is 1. The number of aromatic nitrogens is 2. The highest BCUT2D eigenvalue weighted by Crippen LogP contribution is 2.27. The van der Waals surface area contributed by atoms with Gasteiger partial charge in [0.05, 0.1) is 5.69 Å². The van der Waals surface area contributed by atoms with Gasteiger partial charge < -0.3 is 5.32 Å². The number of aryl methyl sites for hydroxylation is 1. The van der Waals surface area contributed by atoms with Crippen LogP contribution in [0.2, 0.25) is 0 Å². The number of benzene rings is 2.